The quantitative estimate of drug-likeness (QED) is 0.834. The number of fused-ring (bicyclic) bond motifs is 1. The fourth-order valence-corrected chi connectivity index (χ4v) is 2.75. The van der Waals surface area contributed by atoms with Crippen LogP contribution in [0.4, 0.5) is 0 Å². The van der Waals surface area contributed by atoms with Gasteiger partial charge in [-0.25, -0.2) is 0 Å². The van der Waals surface area contributed by atoms with Gasteiger partial charge in [0.05, 0.1) is 0 Å². The van der Waals surface area contributed by atoms with Crippen LogP contribution < -0.4 is 5.32 Å². The Labute approximate surface area is 126 Å². The van der Waals surface area contributed by atoms with E-state index in [1.165, 1.54) is 0 Å². The van der Waals surface area contributed by atoms with Crippen molar-refractivity contribution < 1.29 is 4.79 Å². The highest BCUT2D eigenvalue weighted by Gasteiger charge is 2.19. The highest BCUT2D eigenvalue weighted by molar-refractivity contribution is 9.10. The Morgan fingerprint density at radius 1 is 1.26 bits per heavy atom. The maximum atomic E-state index is 12.3. The molecular weight excluding hydrogens is 330 g/mol. The van der Waals surface area contributed by atoms with Gasteiger partial charge in [0, 0.05) is 41.6 Å². The molecule has 1 fully saturated rings. The lowest BCUT2D eigenvalue weighted by atomic mass is 10.2. The molecule has 0 aliphatic carbocycles. The number of aromatic amines is 1. The number of halogens is 2. The number of hydrogen-bond acceptors (Lipinski definition) is 2. The van der Waals surface area contributed by atoms with Crippen LogP contribution in [-0.4, -0.2) is 42.0 Å². The van der Waals surface area contributed by atoms with Crippen LogP contribution in [-0.2, 0) is 0 Å². The number of carbonyl (C=O) groups excluding carboxylic acids is 1. The van der Waals surface area contributed by atoms with Crippen molar-refractivity contribution in [2.45, 2.75) is 0 Å². The Kier molecular flexibility index (Phi) is 4.50. The molecule has 1 saturated heterocycles. The largest absolute Gasteiger partial charge is 0.350 e. The van der Waals surface area contributed by atoms with Crippen LogP contribution in [0, 0.1) is 0 Å². The van der Waals surface area contributed by atoms with Crippen molar-refractivity contribution in [2.75, 3.05) is 26.2 Å². The Bertz CT molecular complexity index is 593. The standard InChI is InChI=1S/C13H14BrN3O.ClH/c14-10-2-1-3-11-9(10)8-12(16-11)13(18)17-6-4-15-5-7-17;/h1-3,8,15-16H,4-7H2;1H. The molecule has 1 aliphatic rings. The van der Waals surface area contributed by atoms with Gasteiger partial charge < -0.3 is 15.2 Å². The number of rotatable bonds is 1. The number of nitrogens with zero attached hydrogens (tertiary/aromatic N) is 1. The average molecular weight is 345 g/mol. The van der Waals surface area contributed by atoms with Gasteiger partial charge in [0.15, 0.2) is 0 Å². The molecule has 3 rings (SSSR count). The molecule has 0 bridgehead atoms. The van der Waals surface area contributed by atoms with Crippen LogP contribution in [0.15, 0.2) is 28.7 Å². The number of aromatic nitrogens is 1. The van der Waals surface area contributed by atoms with E-state index in [-0.39, 0.29) is 18.3 Å². The number of hydrogen-bond donors (Lipinski definition) is 2. The lowest BCUT2D eigenvalue weighted by Gasteiger charge is -2.26. The number of carbonyl (C=O) groups is 1. The minimum Gasteiger partial charge on any atom is -0.350 e. The number of nitrogens with one attached hydrogen (secondary N) is 2. The van der Waals surface area contributed by atoms with Crippen molar-refractivity contribution in [3.05, 3.63) is 34.4 Å². The molecule has 4 nitrogen and oxygen atoms in total. The smallest absolute Gasteiger partial charge is 0.270 e. The SMILES string of the molecule is Cl.O=C(c1cc2c(Br)cccc2[nH]1)N1CCNCC1. The van der Waals surface area contributed by atoms with E-state index >= 15 is 0 Å². The van der Waals surface area contributed by atoms with Gasteiger partial charge in [0.25, 0.3) is 5.91 Å². The normalized spacial score (nSPS) is 15.3. The predicted octanol–water partition coefficient (Wildman–Crippen LogP) is 2.40. The monoisotopic (exact) mass is 343 g/mol. The van der Waals surface area contributed by atoms with Gasteiger partial charge in [-0.05, 0) is 18.2 Å². The third-order valence-corrected chi connectivity index (χ3v) is 3.94. The molecule has 6 heteroatoms. The summed E-state index contributed by atoms with van der Waals surface area (Å²) in [4.78, 5) is 17.4. The Balaban J connectivity index is 0.00000133. The summed E-state index contributed by atoms with van der Waals surface area (Å²) < 4.78 is 1.01. The highest BCUT2D eigenvalue weighted by atomic mass is 79.9. The van der Waals surface area contributed by atoms with Crippen molar-refractivity contribution in [2.24, 2.45) is 0 Å². The first-order chi connectivity index (χ1) is 8.75. The summed E-state index contributed by atoms with van der Waals surface area (Å²) in [5, 5.41) is 4.30. The molecule has 1 amide bonds. The Morgan fingerprint density at radius 3 is 2.68 bits per heavy atom. The second-order valence-corrected chi connectivity index (χ2v) is 5.28. The zero-order chi connectivity index (χ0) is 12.5. The summed E-state index contributed by atoms with van der Waals surface area (Å²) in [6, 6.07) is 7.84. The number of amides is 1. The molecule has 19 heavy (non-hydrogen) atoms. The first kappa shape index (κ1) is 14.4. The second-order valence-electron chi connectivity index (χ2n) is 4.43. The summed E-state index contributed by atoms with van der Waals surface area (Å²) >= 11 is 3.50. The molecular formula is C13H15BrClN3O. The van der Waals surface area contributed by atoms with E-state index < -0.39 is 0 Å². The van der Waals surface area contributed by atoms with Crippen LogP contribution in [0.2, 0.25) is 0 Å². The van der Waals surface area contributed by atoms with Crippen molar-refractivity contribution in [3.8, 4) is 0 Å². The maximum Gasteiger partial charge on any atom is 0.270 e. The van der Waals surface area contributed by atoms with Crippen molar-refractivity contribution in [1.82, 2.24) is 15.2 Å². The molecule has 2 aromatic rings. The van der Waals surface area contributed by atoms with Gasteiger partial charge in [-0.3, -0.25) is 4.79 Å². The van der Waals surface area contributed by atoms with E-state index in [0.717, 1.165) is 41.6 Å². The number of piperazine rings is 1. The molecule has 1 aromatic heterocycles. The van der Waals surface area contributed by atoms with Crippen LogP contribution in [0.5, 0.6) is 0 Å². The van der Waals surface area contributed by atoms with Gasteiger partial charge in [-0.1, -0.05) is 22.0 Å². The molecule has 0 unspecified atom stereocenters. The summed E-state index contributed by atoms with van der Waals surface area (Å²) in [5.74, 6) is 0.0830. The van der Waals surface area contributed by atoms with E-state index in [4.69, 9.17) is 0 Å². The van der Waals surface area contributed by atoms with Crippen LogP contribution in [0.1, 0.15) is 10.5 Å². The molecule has 0 atom stereocenters. The minimum absolute atomic E-state index is 0. The third kappa shape index (κ3) is 2.78. The van der Waals surface area contributed by atoms with Crippen LogP contribution >= 0.6 is 28.3 Å². The minimum atomic E-state index is 0. The average Bonchev–Trinajstić information content (AvgIpc) is 2.84. The molecule has 1 aliphatic heterocycles. The van der Waals surface area contributed by atoms with Gasteiger partial charge in [0.2, 0.25) is 0 Å². The molecule has 0 spiro atoms. The van der Waals surface area contributed by atoms with E-state index in [1.807, 2.05) is 29.2 Å². The summed E-state index contributed by atoms with van der Waals surface area (Å²) in [7, 11) is 0. The van der Waals surface area contributed by atoms with Gasteiger partial charge in [-0.2, -0.15) is 0 Å². The maximum absolute atomic E-state index is 12.3. The molecule has 0 radical (unpaired) electrons. The first-order valence-corrected chi connectivity index (χ1v) is 6.82. The lowest BCUT2D eigenvalue weighted by molar-refractivity contribution is 0.0731. The Morgan fingerprint density at radius 2 is 2.00 bits per heavy atom. The second kappa shape index (κ2) is 5.94. The number of H-pyrrole nitrogens is 1. The van der Waals surface area contributed by atoms with Crippen LogP contribution in [0.25, 0.3) is 10.9 Å². The van der Waals surface area contributed by atoms with Crippen molar-refractivity contribution >= 4 is 45.1 Å². The topological polar surface area (TPSA) is 48.1 Å². The zero-order valence-corrected chi connectivity index (χ0v) is 12.7. The van der Waals surface area contributed by atoms with Crippen molar-refractivity contribution in [3.63, 3.8) is 0 Å². The summed E-state index contributed by atoms with van der Waals surface area (Å²) in [6.45, 7) is 3.29. The van der Waals surface area contributed by atoms with Crippen LogP contribution in [0.3, 0.4) is 0 Å². The molecule has 2 N–H and O–H groups in total. The Hall–Kier alpha value is -1.04. The van der Waals surface area contributed by atoms with Gasteiger partial charge >= 0.3 is 0 Å². The van der Waals surface area contributed by atoms with E-state index in [2.05, 4.69) is 26.2 Å². The third-order valence-electron chi connectivity index (χ3n) is 3.25. The zero-order valence-electron chi connectivity index (χ0n) is 10.3. The fraction of sp³-hybridized carbons (Fsp3) is 0.308. The van der Waals surface area contributed by atoms with E-state index in [1.54, 1.807) is 0 Å². The fourth-order valence-electron chi connectivity index (χ4n) is 2.27. The summed E-state index contributed by atoms with van der Waals surface area (Å²) in [5.41, 5.74) is 1.65. The van der Waals surface area contributed by atoms with E-state index in [9.17, 15) is 4.79 Å². The highest BCUT2D eigenvalue weighted by Crippen LogP contribution is 2.24. The molecule has 0 saturated carbocycles. The molecule has 1 aromatic carbocycles. The number of benzene rings is 1. The summed E-state index contributed by atoms with van der Waals surface area (Å²) in [6.07, 6.45) is 0. The predicted molar refractivity (Wildman–Crippen MR) is 82.0 cm³/mol. The van der Waals surface area contributed by atoms with Crippen molar-refractivity contribution in [1.29, 1.82) is 0 Å². The molecule has 102 valence electrons. The first-order valence-electron chi connectivity index (χ1n) is 6.03. The lowest BCUT2D eigenvalue weighted by Crippen LogP contribution is -2.46. The van der Waals surface area contributed by atoms with E-state index in [0.29, 0.717) is 5.69 Å². The van der Waals surface area contributed by atoms with Gasteiger partial charge in [-0.15, -0.1) is 12.4 Å². The van der Waals surface area contributed by atoms with Gasteiger partial charge in [0.1, 0.15) is 5.69 Å². The molecule has 2 heterocycles.